The van der Waals surface area contributed by atoms with Crippen LogP contribution in [0.4, 0.5) is 10.5 Å². The van der Waals surface area contributed by atoms with Gasteiger partial charge in [0, 0.05) is 30.3 Å². The summed E-state index contributed by atoms with van der Waals surface area (Å²) in [5.41, 5.74) is 0.666. The number of anilines is 1. The molecule has 1 saturated heterocycles. The van der Waals surface area contributed by atoms with E-state index >= 15 is 0 Å². The van der Waals surface area contributed by atoms with Crippen LogP contribution in [0.15, 0.2) is 53.4 Å². The zero-order valence-corrected chi connectivity index (χ0v) is 15.8. The molecule has 2 amide bonds. The molecule has 138 valence electrons. The van der Waals surface area contributed by atoms with Gasteiger partial charge in [0.15, 0.2) is 0 Å². The van der Waals surface area contributed by atoms with Crippen LogP contribution in [-0.4, -0.2) is 39.0 Å². The number of hydrogen-bond donors (Lipinski definition) is 0. The van der Waals surface area contributed by atoms with Gasteiger partial charge in [-0.05, 0) is 55.0 Å². The van der Waals surface area contributed by atoms with Crippen LogP contribution in [0.25, 0.3) is 0 Å². The molecule has 0 spiro atoms. The number of nitrogens with zero attached hydrogens (tertiary/aromatic N) is 2. The van der Waals surface area contributed by atoms with E-state index in [0.717, 1.165) is 13.0 Å². The zero-order chi connectivity index (χ0) is 18.7. The van der Waals surface area contributed by atoms with E-state index in [1.54, 1.807) is 34.1 Å². The third kappa shape index (κ3) is 3.94. The van der Waals surface area contributed by atoms with Gasteiger partial charge in [0.2, 0.25) is 0 Å². The second-order valence-corrected chi connectivity index (χ2v) is 7.89. The second-order valence-electron chi connectivity index (χ2n) is 5.91. The molecule has 1 fully saturated rings. The first kappa shape index (κ1) is 18.5. The van der Waals surface area contributed by atoms with Crippen LogP contribution < -0.4 is 9.08 Å². The fraction of sp³-hybridized carbons (Fsp3) is 0.278. The molecule has 2 aromatic rings. The third-order valence-electron chi connectivity index (χ3n) is 4.05. The van der Waals surface area contributed by atoms with Crippen molar-refractivity contribution in [1.82, 2.24) is 4.90 Å². The van der Waals surface area contributed by atoms with Gasteiger partial charge in [0.05, 0.1) is 0 Å². The van der Waals surface area contributed by atoms with E-state index in [1.165, 1.54) is 24.3 Å². The summed E-state index contributed by atoms with van der Waals surface area (Å²) < 4.78 is 29.9. The molecule has 26 heavy (non-hydrogen) atoms. The van der Waals surface area contributed by atoms with Crippen LogP contribution in [-0.2, 0) is 10.1 Å². The van der Waals surface area contributed by atoms with Crippen molar-refractivity contribution in [3.05, 3.63) is 53.6 Å². The van der Waals surface area contributed by atoms with Crippen LogP contribution in [0.2, 0.25) is 5.02 Å². The minimum absolute atomic E-state index is 0.0215. The Balaban J connectivity index is 1.74. The molecule has 0 bridgehead atoms. The first-order chi connectivity index (χ1) is 12.4. The topological polar surface area (TPSA) is 66.9 Å². The van der Waals surface area contributed by atoms with Gasteiger partial charge in [0.25, 0.3) is 0 Å². The Hall–Kier alpha value is -2.25. The normalized spacial score (nSPS) is 14.8. The lowest BCUT2D eigenvalue weighted by Gasteiger charge is -2.18. The molecule has 1 aliphatic rings. The minimum Gasteiger partial charge on any atom is -0.379 e. The Morgan fingerprint density at radius 3 is 2.31 bits per heavy atom. The van der Waals surface area contributed by atoms with Gasteiger partial charge in [0.1, 0.15) is 10.6 Å². The van der Waals surface area contributed by atoms with Gasteiger partial charge in [-0.3, -0.25) is 4.90 Å². The van der Waals surface area contributed by atoms with Crippen molar-refractivity contribution < 1.29 is 17.4 Å². The third-order valence-corrected chi connectivity index (χ3v) is 5.56. The number of urea groups is 1. The maximum absolute atomic E-state index is 12.4. The zero-order valence-electron chi connectivity index (χ0n) is 14.3. The van der Waals surface area contributed by atoms with E-state index in [4.69, 9.17) is 15.8 Å². The maximum atomic E-state index is 12.4. The molecule has 0 aromatic heterocycles. The molecule has 6 nitrogen and oxygen atoms in total. The highest BCUT2D eigenvalue weighted by molar-refractivity contribution is 7.87. The Morgan fingerprint density at radius 2 is 1.69 bits per heavy atom. The number of halogens is 1. The highest BCUT2D eigenvalue weighted by Gasteiger charge is 2.29. The quantitative estimate of drug-likeness (QED) is 0.699. The first-order valence-corrected chi connectivity index (χ1v) is 10.1. The molecule has 0 radical (unpaired) electrons. The SMILES string of the molecule is CCCN1CCN(c2ccc(S(=O)(=O)Oc3ccc(Cl)cc3)cc2)C1=O. The molecule has 2 aromatic carbocycles. The molecule has 0 atom stereocenters. The summed E-state index contributed by atoms with van der Waals surface area (Å²) in [5.74, 6) is 0.184. The number of carbonyl (C=O) groups excluding carboxylic acids is 1. The molecule has 1 heterocycles. The summed E-state index contributed by atoms with van der Waals surface area (Å²) in [6.45, 7) is 4.01. The van der Waals surface area contributed by atoms with Gasteiger partial charge >= 0.3 is 16.1 Å². The minimum atomic E-state index is -3.96. The van der Waals surface area contributed by atoms with Crippen LogP contribution in [0.3, 0.4) is 0 Å². The number of rotatable bonds is 6. The van der Waals surface area contributed by atoms with E-state index in [1.807, 2.05) is 6.92 Å². The lowest BCUT2D eigenvalue weighted by Crippen LogP contribution is -2.32. The van der Waals surface area contributed by atoms with Crippen molar-refractivity contribution in [1.29, 1.82) is 0 Å². The van der Waals surface area contributed by atoms with E-state index in [9.17, 15) is 13.2 Å². The highest BCUT2D eigenvalue weighted by Crippen LogP contribution is 2.25. The van der Waals surface area contributed by atoms with Crippen molar-refractivity contribution in [3.8, 4) is 5.75 Å². The molecular formula is C18H19ClN2O4S. The number of carbonyl (C=O) groups is 1. The Morgan fingerprint density at radius 1 is 1.04 bits per heavy atom. The van der Waals surface area contributed by atoms with Crippen LogP contribution in [0.1, 0.15) is 13.3 Å². The number of amides is 2. The van der Waals surface area contributed by atoms with Gasteiger partial charge in [-0.2, -0.15) is 8.42 Å². The fourth-order valence-electron chi connectivity index (χ4n) is 2.76. The molecule has 0 unspecified atom stereocenters. The Labute approximate surface area is 158 Å². The predicted octanol–water partition coefficient (Wildman–Crippen LogP) is 3.76. The van der Waals surface area contributed by atoms with Crippen molar-refractivity contribution in [2.45, 2.75) is 18.2 Å². The van der Waals surface area contributed by atoms with E-state index in [0.29, 0.717) is 23.8 Å². The molecule has 0 saturated carbocycles. The second kappa shape index (κ2) is 7.55. The highest BCUT2D eigenvalue weighted by atomic mass is 35.5. The predicted molar refractivity (Wildman–Crippen MR) is 100 cm³/mol. The van der Waals surface area contributed by atoms with E-state index < -0.39 is 10.1 Å². The smallest absolute Gasteiger partial charge is 0.339 e. The lowest BCUT2D eigenvalue weighted by atomic mass is 10.3. The largest absolute Gasteiger partial charge is 0.379 e. The monoisotopic (exact) mass is 394 g/mol. The Bertz CT molecular complexity index is 882. The molecule has 0 aliphatic carbocycles. The van der Waals surface area contributed by atoms with Gasteiger partial charge < -0.3 is 9.08 Å². The maximum Gasteiger partial charge on any atom is 0.339 e. The summed E-state index contributed by atoms with van der Waals surface area (Å²) in [6, 6.07) is 12.1. The molecule has 0 N–H and O–H groups in total. The number of benzene rings is 2. The molecule has 8 heteroatoms. The van der Waals surface area contributed by atoms with Crippen LogP contribution in [0, 0.1) is 0 Å². The summed E-state index contributed by atoms with van der Waals surface area (Å²) in [5, 5.41) is 0.492. The number of hydrogen-bond acceptors (Lipinski definition) is 4. The first-order valence-electron chi connectivity index (χ1n) is 8.27. The van der Waals surface area contributed by atoms with Crippen molar-refractivity contribution in [2.24, 2.45) is 0 Å². The summed E-state index contributed by atoms with van der Waals surface area (Å²) in [6.07, 6.45) is 0.902. The summed E-state index contributed by atoms with van der Waals surface area (Å²) in [4.78, 5) is 15.8. The molecule has 3 rings (SSSR count). The standard InChI is InChI=1S/C18H19ClN2O4S/c1-2-11-20-12-13-21(18(20)22)15-5-9-17(10-6-15)26(23,24)25-16-7-3-14(19)4-8-16/h3-10H,2,11-13H2,1H3. The van der Waals surface area contributed by atoms with E-state index in [-0.39, 0.29) is 16.7 Å². The van der Waals surface area contributed by atoms with Gasteiger partial charge in [-0.1, -0.05) is 18.5 Å². The van der Waals surface area contributed by atoms with E-state index in [2.05, 4.69) is 0 Å². The molecule has 1 aliphatic heterocycles. The van der Waals surface area contributed by atoms with Crippen LogP contribution in [0.5, 0.6) is 5.75 Å². The fourth-order valence-corrected chi connectivity index (χ4v) is 3.81. The Kier molecular flexibility index (Phi) is 5.38. The van der Waals surface area contributed by atoms with Crippen molar-refractivity contribution >= 4 is 33.4 Å². The lowest BCUT2D eigenvalue weighted by molar-refractivity contribution is 0.220. The van der Waals surface area contributed by atoms with Crippen molar-refractivity contribution in [2.75, 3.05) is 24.5 Å². The van der Waals surface area contributed by atoms with Gasteiger partial charge in [-0.25, -0.2) is 4.79 Å². The summed E-state index contributed by atoms with van der Waals surface area (Å²) >= 11 is 5.78. The summed E-state index contributed by atoms with van der Waals surface area (Å²) in [7, 11) is -3.96. The van der Waals surface area contributed by atoms with Crippen molar-refractivity contribution in [3.63, 3.8) is 0 Å². The average Bonchev–Trinajstić information content (AvgIpc) is 2.98. The van der Waals surface area contributed by atoms with Crippen LogP contribution >= 0.6 is 11.6 Å². The molecular weight excluding hydrogens is 376 g/mol. The van der Waals surface area contributed by atoms with Gasteiger partial charge in [-0.15, -0.1) is 0 Å². The average molecular weight is 395 g/mol.